The number of ether oxygens (including phenoxy) is 1. The van der Waals surface area contributed by atoms with Gasteiger partial charge in [-0.15, -0.1) is 0 Å². The van der Waals surface area contributed by atoms with Crippen molar-refractivity contribution in [3.05, 3.63) is 53.6 Å². The van der Waals surface area contributed by atoms with E-state index in [9.17, 15) is 9.59 Å². The van der Waals surface area contributed by atoms with E-state index in [2.05, 4.69) is 5.32 Å². The van der Waals surface area contributed by atoms with E-state index in [1.807, 2.05) is 12.1 Å². The Morgan fingerprint density at radius 3 is 2.37 bits per heavy atom. The van der Waals surface area contributed by atoms with Crippen molar-refractivity contribution in [2.75, 3.05) is 16.8 Å². The third kappa shape index (κ3) is 4.80. The fraction of sp³-hybridized carbons (Fsp3) is 0.333. The summed E-state index contributed by atoms with van der Waals surface area (Å²) in [7, 11) is 0. The van der Waals surface area contributed by atoms with E-state index < -0.39 is 5.60 Å². The van der Waals surface area contributed by atoms with Crippen LogP contribution in [0, 0.1) is 0 Å². The normalized spacial score (nSPS) is 14.8. The zero-order valence-electron chi connectivity index (χ0n) is 15.5. The highest BCUT2D eigenvalue weighted by Gasteiger charge is 2.30. The van der Waals surface area contributed by atoms with Gasteiger partial charge in [0.25, 0.3) is 5.91 Å². The molecule has 142 valence electrons. The van der Waals surface area contributed by atoms with Crippen LogP contribution >= 0.6 is 11.6 Å². The van der Waals surface area contributed by atoms with Crippen molar-refractivity contribution < 1.29 is 14.3 Å². The predicted octanol–water partition coefficient (Wildman–Crippen LogP) is 4.65. The molecular weight excluding hydrogens is 364 g/mol. The van der Waals surface area contributed by atoms with Crippen LogP contribution in [0.1, 0.15) is 33.1 Å². The number of amides is 2. The number of nitrogens with zero attached hydrogens (tertiary/aromatic N) is 1. The van der Waals surface area contributed by atoms with Crippen LogP contribution in [0.5, 0.6) is 5.75 Å². The fourth-order valence-electron chi connectivity index (χ4n) is 2.93. The van der Waals surface area contributed by atoms with E-state index in [4.69, 9.17) is 16.3 Å². The third-order valence-corrected chi connectivity index (χ3v) is 4.75. The number of carbonyl (C=O) groups is 2. The fourth-order valence-corrected chi connectivity index (χ4v) is 3.05. The Morgan fingerprint density at radius 1 is 1.07 bits per heavy atom. The van der Waals surface area contributed by atoms with Gasteiger partial charge in [0, 0.05) is 29.4 Å². The maximum absolute atomic E-state index is 12.6. The average Bonchev–Trinajstić information content (AvgIpc) is 2.65. The van der Waals surface area contributed by atoms with Gasteiger partial charge in [-0.1, -0.05) is 11.6 Å². The molecule has 5 nitrogen and oxygen atoms in total. The molecule has 0 bridgehead atoms. The van der Waals surface area contributed by atoms with Crippen molar-refractivity contribution in [3.63, 3.8) is 0 Å². The summed E-state index contributed by atoms with van der Waals surface area (Å²) in [6, 6.07) is 14.2. The van der Waals surface area contributed by atoms with Gasteiger partial charge in [0.05, 0.1) is 0 Å². The monoisotopic (exact) mass is 386 g/mol. The van der Waals surface area contributed by atoms with Gasteiger partial charge in [-0.3, -0.25) is 9.59 Å². The van der Waals surface area contributed by atoms with Crippen molar-refractivity contribution in [2.24, 2.45) is 0 Å². The zero-order valence-corrected chi connectivity index (χ0v) is 16.3. The number of anilines is 2. The molecule has 0 atom stereocenters. The van der Waals surface area contributed by atoms with Crippen LogP contribution < -0.4 is 15.0 Å². The van der Waals surface area contributed by atoms with Crippen LogP contribution in [-0.2, 0) is 9.59 Å². The lowest BCUT2D eigenvalue weighted by Gasteiger charge is -2.27. The number of halogens is 1. The van der Waals surface area contributed by atoms with Crippen LogP contribution in [0.4, 0.5) is 11.4 Å². The molecule has 6 heteroatoms. The first kappa shape index (κ1) is 19.2. The minimum atomic E-state index is -1.06. The molecule has 3 rings (SSSR count). The highest BCUT2D eigenvalue weighted by molar-refractivity contribution is 6.30. The second-order valence-electron chi connectivity index (χ2n) is 7.07. The summed E-state index contributed by atoms with van der Waals surface area (Å²) in [5.41, 5.74) is 0.449. The Kier molecular flexibility index (Phi) is 5.71. The molecule has 1 aliphatic heterocycles. The van der Waals surface area contributed by atoms with Gasteiger partial charge in [0.2, 0.25) is 5.91 Å². The van der Waals surface area contributed by atoms with Crippen LogP contribution in [-0.4, -0.2) is 24.0 Å². The van der Waals surface area contributed by atoms with Crippen molar-refractivity contribution in [3.8, 4) is 5.75 Å². The molecule has 27 heavy (non-hydrogen) atoms. The van der Waals surface area contributed by atoms with Gasteiger partial charge in [-0.25, -0.2) is 0 Å². The van der Waals surface area contributed by atoms with E-state index in [-0.39, 0.29) is 11.8 Å². The molecule has 0 aliphatic carbocycles. The van der Waals surface area contributed by atoms with Crippen molar-refractivity contribution in [1.29, 1.82) is 0 Å². The molecule has 1 N–H and O–H groups in total. The van der Waals surface area contributed by atoms with E-state index >= 15 is 0 Å². The second-order valence-corrected chi connectivity index (χ2v) is 7.51. The van der Waals surface area contributed by atoms with Gasteiger partial charge < -0.3 is 15.0 Å². The minimum Gasteiger partial charge on any atom is -0.478 e. The SMILES string of the molecule is CC(C)(Oc1ccc(Cl)cc1)C(=O)Nc1ccc(N2CCCCC2=O)cc1. The number of benzene rings is 2. The predicted molar refractivity (Wildman–Crippen MR) is 107 cm³/mol. The van der Waals surface area contributed by atoms with E-state index in [1.165, 1.54) is 0 Å². The summed E-state index contributed by atoms with van der Waals surface area (Å²) in [6.07, 6.45) is 2.56. The van der Waals surface area contributed by atoms with Crippen LogP contribution in [0.25, 0.3) is 0 Å². The molecular formula is C21H23ClN2O3. The zero-order chi connectivity index (χ0) is 19.4. The quantitative estimate of drug-likeness (QED) is 0.813. The van der Waals surface area contributed by atoms with Gasteiger partial charge in [0.1, 0.15) is 5.75 Å². The van der Waals surface area contributed by atoms with E-state index in [1.54, 1.807) is 55.1 Å². The second kappa shape index (κ2) is 8.01. The Bertz CT molecular complexity index is 816. The average molecular weight is 387 g/mol. The lowest BCUT2D eigenvalue weighted by Crippen LogP contribution is -2.42. The van der Waals surface area contributed by atoms with E-state index in [0.717, 1.165) is 25.1 Å². The maximum atomic E-state index is 12.6. The summed E-state index contributed by atoms with van der Waals surface area (Å²) in [4.78, 5) is 26.4. The number of nitrogens with one attached hydrogen (secondary N) is 1. The summed E-state index contributed by atoms with van der Waals surface area (Å²) < 4.78 is 5.80. The summed E-state index contributed by atoms with van der Waals surface area (Å²) in [5.74, 6) is 0.452. The maximum Gasteiger partial charge on any atom is 0.267 e. The van der Waals surface area contributed by atoms with Crippen LogP contribution in [0.2, 0.25) is 5.02 Å². The molecule has 1 aliphatic rings. The summed E-state index contributed by atoms with van der Waals surface area (Å²) in [5, 5.41) is 3.47. The highest BCUT2D eigenvalue weighted by atomic mass is 35.5. The number of carbonyl (C=O) groups excluding carboxylic acids is 2. The third-order valence-electron chi connectivity index (χ3n) is 4.49. The Morgan fingerprint density at radius 2 is 1.74 bits per heavy atom. The van der Waals surface area contributed by atoms with E-state index in [0.29, 0.717) is 22.9 Å². The summed E-state index contributed by atoms with van der Waals surface area (Å²) in [6.45, 7) is 4.15. The Labute approximate surface area is 164 Å². The van der Waals surface area contributed by atoms with Crippen LogP contribution in [0.15, 0.2) is 48.5 Å². The molecule has 1 heterocycles. The van der Waals surface area contributed by atoms with Crippen LogP contribution in [0.3, 0.4) is 0 Å². The molecule has 1 saturated heterocycles. The molecule has 0 unspecified atom stereocenters. The summed E-state index contributed by atoms with van der Waals surface area (Å²) >= 11 is 5.87. The van der Waals surface area contributed by atoms with Gasteiger partial charge in [-0.05, 0) is 75.2 Å². The largest absolute Gasteiger partial charge is 0.478 e. The molecule has 2 aromatic rings. The molecule has 0 saturated carbocycles. The Balaban J connectivity index is 1.64. The Hall–Kier alpha value is -2.53. The number of hydrogen-bond acceptors (Lipinski definition) is 3. The lowest BCUT2D eigenvalue weighted by atomic mass is 10.1. The first-order valence-corrected chi connectivity index (χ1v) is 9.39. The molecule has 0 aromatic heterocycles. The van der Waals surface area contributed by atoms with Crippen molar-refractivity contribution in [1.82, 2.24) is 0 Å². The molecule has 2 amide bonds. The molecule has 0 spiro atoms. The molecule has 2 aromatic carbocycles. The highest BCUT2D eigenvalue weighted by Crippen LogP contribution is 2.25. The lowest BCUT2D eigenvalue weighted by molar-refractivity contribution is -0.128. The number of rotatable bonds is 5. The molecule has 1 fully saturated rings. The number of hydrogen-bond donors (Lipinski definition) is 1. The van der Waals surface area contributed by atoms with Gasteiger partial charge in [0.15, 0.2) is 5.60 Å². The first-order valence-electron chi connectivity index (χ1n) is 9.02. The topological polar surface area (TPSA) is 58.6 Å². The van der Waals surface area contributed by atoms with Gasteiger partial charge >= 0.3 is 0 Å². The first-order chi connectivity index (χ1) is 12.8. The standard InChI is InChI=1S/C21H23ClN2O3/c1-21(2,27-18-12-6-15(22)7-13-18)20(26)23-16-8-10-17(11-9-16)24-14-4-3-5-19(24)25/h6-13H,3-5,14H2,1-2H3,(H,23,26). The van der Waals surface area contributed by atoms with Gasteiger partial charge in [-0.2, -0.15) is 0 Å². The minimum absolute atomic E-state index is 0.149. The van der Waals surface area contributed by atoms with Crippen molar-refractivity contribution in [2.45, 2.75) is 38.7 Å². The van der Waals surface area contributed by atoms with Crippen molar-refractivity contribution >= 4 is 34.8 Å². The molecule has 0 radical (unpaired) electrons. The number of piperidine rings is 1. The smallest absolute Gasteiger partial charge is 0.267 e.